The highest BCUT2D eigenvalue weighted by atomic mass is 32.2. The van der Waals surface area contributed by atoms with Crippen LogP contribution in [0.1, 0.15) is 5.56 Å². The molecule has 0 unspecified atom stereocenters. The van der Waals surface area contributed by atoms with Gasteiger partial charge in [0.1, 0.15) is 0 Å². The van der Waals surface area contributed by atoms with Crippen LogP contribution in [0.15, 0.2) is 72.1 Å². The van der Waals surface area contributed by atoms with Crippen molar-refractivity contribution < 1.29 is 13.2 Å². The number of anilines is 1. The van der Waals surface area contributed by atoms with Gasteiger partial charge in [-0.3, -0.25) is 9.52 Å². The molecule has 0 aliphatic rings. The number of hydrogen-bond acceptors (Lipinski definition) is 3. The van der Waals surface area contributed by atoms with E-state index in [1.54, 1.807) is 42.5 Å². The Kier molecular flexibility index (Phi) is 4.95. The molecule has 0 aliphatic heterocycles. The van der Waals surface area contributed by atoms with Crippen molar-refractivity contribution in [2.45, 2.75) is 11.4 Å². The molecule has 0 spiro atoms. The first-order valence-electron chi connectivity index (χ1n) is 6.58. The van der Waals surface area contributed by atoms with E-state index in [-0.39, 0.29) is 10.8 Å². The SMILES string of the molecule is C=CC(=O)NCc1ccc(NS(=O)(=O)c2ccccc2)cc1. The second-order valence-electron chi connectivity index (χ2n) is 4.54. The highest BCUT2D eigenvalue weighted by Gasteiger charge is 2.13. The monoisotopic (exact) mass is 316 g/mol. The van der Waals surface area contributed by atoms with E-state index < -0.39 is 10.0 Å². The molecule has 0 aliphatic carbocycles. The zero-order valence-corrected chi connectivity index (χ0v) is 12.6. The molecular weight excluding hydrogens is 300 g/mol. The Morgan fingerprint density at radius 1 is 1.05 bits per heavy atom. The molecule has 0 saturated heterocycles. The molecule has 2 N–H and O–H groups in total. The third kappa shape index (κ3) is 4.20. The summed E-state index contributed by atoms with van der Waals surface area (Å²) in [6.07, 6.45) is 1.20. The fraction of sp³-hybridized carbons (Fsp3) is 0.0625. The largest absolute Gasteiger partial charge is 0.348 e. The summed E-state index contributed by atoms with van der Waals surface area (Å²) in [5, 5.41) is 2.65. The van der Waals surface area contributed by atoms with Crippen LogP contribution in [-0.2, 0) is 21.4 Å². The minimum Gasteiger partial charge on any atom is -0.348 e. The number of carbonyl (C=O) groups excluding carboxylic acids is 1. The maximum absolute atomic E-state index is 12.2. The van der Waals surface area contributed by atoms with Gasteiger partial charge in [0.05, 0.1) is 4.90 Å². The summed E-state index contributed by atoms with van der Waals surface area (Å²) in [4.78, 5) is 11.3. The molecule has 2 rings (SSSR count). The maximum atomic E-state index is 12.2. The molecule has 0 heterocycles. The molecule has 0 bridgehead atoms. The van der Waals surface area contributed by atoms with Gasteiger partial charge in [-0.2, -0.15) is 0 Å². The molecule has 6 heteroatoms. The van der Waals surface area contributed by atoms with Crippen LogP contribution in [0.2, 0.25) is 0 Å². The molecule has 2 aromatic carbocycles. The van der Waals surface area contributed by atoms with Crippen LogP contribution in [0, 0.1) is 0 Å². The highest BCUT2D eigenvalue weighted by Crippen LogP contribution is 2.16. The van der Waals surface area contributed by atoms with E-state index in [4.69, 9.17) is 0 Å². The first-order chi connectivity index (χ1) is 10.5. The molecule has 0 fully saturated rings. The summed E-state index contributed by atoms with van der Waals surface area (Å²) in [7, 11) is -3.59. The van der Waals surface area contributed by atoms with Gasteiger partial charge in [0, 0.05) is 12.2 Å². The number of amides is 1. The zero-order chi connectivity index (χ0) is 16.0. The summed E-state index contributed by atoms with van der Waals surface area (Å²) >= 11 is 0. The summed E-state index contributed by atoms with van der Waals surface area (Å²) in [5.41, 5.74) is 1.32. The van der Waals surface area contributed by atoms with Gasteiger partial charge in [-0.1, -0.05) is 36.9 Å². The van der Waals surface area contributed by atoms with Crippen LogP contribution in [-0.4, -0.2) is 14.3 Å². The first kappa shape index (κ1) is 15.8. The third-order valence-electron chi connectivity index (χ3n) is 2.91. The van der Waals surface area contributed by atoms with E-state index >= 15 is 0 Å². The molecule has 114 valence electrons. The Morgan fingerprint density at radius 3 is 2.27 bits per heavy atom. The number of benzene rings is 2. The average Bonchev–Trinajstić information content (AvgIpc) is 2.54. The Bertz CT molecular complexity index is 754. The van der Waals surface area contributed by atoms with Crippen LogP contribution in [0.5, 0.6) is 0 Å². The smallest absolute Gasteiger partial charge is 0.261 e. The fourth-order valence-electron chi connectivity index (χ4n) is 1.77. The lowest BCUT2D eigenvalue weighted by molar-refractivity contribution is -0.116. The predicted molar refractivity (Wildman–Crippen MR) is 85.7 cm³/mol. The quantitative estimate of drug-likeness (QED) is 0.803. The van der Waals surface area contributed by atoms with Gasteiger partial charge in [-0.05, 0) is 35.9 Å². The molecule has 5 nitrogen and oxygen atoms in total. The van der Waals surface area contributed by atoms with Gasteiger partial charge in [0.2, 0.25) is 5.91 Å². The lowest BCUT2D eigenvalue weighted by atomic mass is 10.2. The average molecular weight is 316 g/mol. The van der Waals surface area contributed by atoms with Crippen molar-refractivity contribution in [3.8, 4) is 0 Å². The number of sulfonamides is 1. The van der Waals surface area contributed by atoms with Gasteiger partial charge >= 0.3 is 0 Å². The topological polar surface area (TPSA) is 75.3 Å². The Hall–Kier alpha value is -2.60. The minimum atomic E-state index is -3.59. The highest BCUT2D eigenvalue weighted by molar-refractivity contribution is 7.92. The lowest BCUT2D eigenvalue weighted by Crippen LogP contribution is -2.19. The van der Waals surface area contributed by atoms with Crippen molar-refractivity contribution in [1.82, 2.24) is 5.32 Å². The second kappa shape index (κ2) is 6.91. The molecule has 0 aromatic heterocycles. The van der Waals surface area contributed by atoms with E-state index in [9.17, 15) is 13.2 Å². The summed E-state index contributed by atoms with van der Waals surface area (Å²) in [5.74, 6) is -0.256. The molecule has 0 radical (unpaired) electrons. The number of rotatable bonds is 6. The van der Waals surface area contributed by atoms with Gasteiger partial charge < -0.3 is 5.32 Å². The second-order valence-corrected chi connectivity index (χ2v) is 6.22. The van der Waals surface area contributed by atoms with E-state index in [1.165, 1.54) is 18.2 Å². The van der Waals surface area contributed by atoms with Crippen molar-refractivity contribution >= 4 is 21.6 Å². The zero-order valence-electron chi connectivity index (χ0n) is 11.8. The molecular formula is C16H16N2O3S. The van der Waals surface area contributed by atoms with E-state index in [2.05, 4.69) is 16.6 Å². The number of carbonyl (C=O) groups is 1. The summed E-state index contributed by atoms with van der Waals surface area (Å²) in [6.45, 7) is 3.73. The third-order valence-corrected chi connectivity index (χ3v) is 4.31. The normalized spacial score (nSPS) is 10.7. The Labute approximate surface area is 129 Å². The summed E-state index contributed by atoms with van der Waals surface area (Å²) < 4.78 is 26.8. The van der Waals surface area contributed by atoms with Crippen LogP contribution < -0.4 is 10.0 Å². The van der Waals surface area contributed by atoms with Crippen molar-refractivity contribution in [2.24, 2.45) is 0 Å². The minimum absolute atomic E-state index is 0.206. The Balaban J connectivity index is 2.05. The van der Waals surface area contributed by atoms with Gasteiger partial charge in [0.15, 0.2) is 0 Å². The van der Waals surface area contributed by atoms with Crippen LogP contribution in [0.4, 0.5) is 5.69 Å². The number of hydrogen-bond donors (Lipinski definition) is 2. The van der Waals surface area contributed by atoms with Crippen molar-refractivity contribution in [1.29, 1.82) is 0 Å². The van der Waals surface area contributed by atoms with Crippen molar-refractivity contribution in [2.75, 3.05) is 4.72 Å². The molecule has 0 atom stereocenters. The van der Waals surface area contributed by atoms with Crippen LogP contribution in [0.3, 0.4) is 0 Å². The van der Waals surface area contributed by atoms with Gasteiger partial charge in [-0.15, -0.1) is 0 Å². The van der Waals surface area contributed by atoms with E-state index in [1.807, 2.05) is 0 Å². The van der Waals surface area contributed by atoms with E-state index in [0.717, 1.165) is 5.56 Å². The standard InChI is InChI=1S/C16H16N2O3S/c1-2-16(19)17-12-13-8-10-14(11-9-13)18-22(20,21)15-6-4-3-5-7-15/h2-11,18H,1,12H2,(H,17,19). The van der Waals surface area contributed by atoms with Crippen LogP contribution in [0.25, 0.3) is 0 Å². The number of nitrogens with one attached hydrogen (secondary N) is 2. The van der Waals surface area contributed by atoms with Gasteiger partial charge in [0.25, 0.3) is 10.0 Å². The molecule has 2 aromatic rings. The van der Waals surface area contributed by atoms with Crippen LogP contribution >= 0.6 is 0 Å². The molecule has 0 saturated carbocycles. The first-order valence-corrected chi connectivity index (χ1v) is 8.06. The molecule has 1 amide bonds. The summed E-state index contributed by atoms with van der Waals surface area (Å²) in [6, 6.07) is 14.9. The van der Waals surface area contributed by atoms with Crippen molar-refractivity contribution in [3.05, 3.63) is 72.8 Å². The van der Waals surface area contributed by atoms with Crippen molar-refractivity contribution in [3.63, 3.8) is 0 Å². The predicted octanol–water partition coefficient (Wildman–Crippen LogP) is 2.29. The fourth-order valence-corrected chi connectivity index (χ4v) is 2.85. The van der Waals surface area contributed by atoms with E-state index in [0.29, 0.717) is 12.2 Å². The van der Waals surface area contributed by atoms with Gasteiger partial charge in [-0.25, -0.2) is 8.42 Å². The maximum Gasteiger partial charge on any atom is 0.261 e. The lowest BCUT2D eigenvalue weighted by Gasteiger charge is -2.09. The molecule has 22 heavy (non-hydrogen) atoms. The Morgan fingerprint density at radius 2 is 1.68 bits per heavy atom.